The first kappa shape index (κ1) is 7.83. The molecule has 0 unspecified atom stereocenters. The van der Waals surface area contributed by atoms with Crippen LogP contribution in [0.4, 0.5) is 0 Å². The second-order valence-electron chi connectivity index (χ2n) is 1.33. The molecule has 1 nitrogen and oxygen atoms in total. The Bertz CT molecular complexity index is 55.7. The molecular formula is C3H6Cl3N. The van der Waals surface area contributed by atoms with Crippen molar-refractivity contribution in [1.82, 2.24) is 0 Å². The van der Waals surface area contributed by atoms with E-state index in [1.807, 2.05) is 0 Å². The van der Waals surface area contributed by atoms with Crippen LogP contribution in [0.2, 0.25) is 0 Å². The Balaban J connectivity index is 3.54. The Morgan fingerprint density at radius 3 is 1.57 bits per heavy atom. The van der Waals surface area contributed by atoms with Gasteiger partial charge in [-0.25, -0.2) is 0 Å². The smallest absolute Gasteiger partial charge is 0.205 e. The molecule has 0 aromatic carbocycles. The molecule has 0 aromatic heterocycles. The first-order chi connectivity index (χ1) is 2.94. The maximum absolute atomic E-state index is 5.27. The Hall–Kier alpha value is 0.830. The van der Waals surface area contributed by atoms with Crippen molar-refractivity contribution < 1.29 is 0 Å². The van der Waals surface area contributed by atoms with Crippen LogP contribution in [0.25, 0.3) is 0 Å². The topological polar surface area (TPSA) is 26.0 Å². The zero-order chi connectivity index (χ0) is 6.08. The van der Waals surface area contributed by atoms with Gasteiger partial charge in [-0.05, 0) is 6.92 Å². The van der Waals surface area contributed by atoms with E-state index in [4.69, 9.17) is 40.5 Å². The lowest BCUT2D eigenvalue weighted by atomic mass is 10.4. The molecule has 1 atom stereocenters. The first-order valence-corrected chi connectivity index (χ1v) is 2.90. The van der Waals surface area contributed by atoms with Crippen molar-refractivity contribution in [2.45, 2.75) is 16.8 Å². The van der Waals surface area contributed by atoms with Crippen molar-refractivity contribution in [3.05, 3.63) is 0 Å². The predicted octanol–water partition coefficient (Wildman–Crippen LogP) is 1.70. The van der Waals surface area contributed by atoms with Gasteiger partial charge in [0.25, 0.3) is 0 Å². The summed E-state index contributed by atoms with van der Waals surface area (Å²) in [5.41, 5.74) is 5.17. The van der Waals surface area contributed by atoms with Gasteiger partial charge in [0, 0.05) is 6.04 Å². The molecule has 7 heavy (non-hydrogen) atoms. The summed E-state index contributed by atoms with van der Waals surface area (Å²) in [5.74, 6) is 0. The highest BCUT2D eigenvalue weighted by Gasteiger charge is 2.24. The molecule has 0 heterocycles. The summed E-state index contributed by atoms with van der Waals surface area (Å²) >= 11 is 15.8. The van der Waals surface area contributed by atoms with Gasteiger partial charge in [-0.1, -0.05) is 34.8 Å². The zero-order valence-corrected chi connectivity index (χ0v) is 6.06. The van der Waals surface area contributed by atoms with Crippen LogP contribution in [0.5, 0.6) is 0 Å². The molecule has 0 bridgehead atoms. The highest BCUT2D eigenvalue weighted by Crippen LogP contribution is 2.28. The van der Waals surface area contributed by atoms with Crippen molar-refractivity contribution in [3.63, 3.8) is 0 Å². The maximum atomic E-state index is 5.27. The molecule has 44 valence electrons. The van der Waals surface area contributed by atoms with E-state index in [-0.39, 0.29) is 0 Å². The molecule has 0 spiro atoms. The molecule has 0 aliphatic heterocycles. The lowest BCUT2D eigenvalue weighted by Crippen LogP contribution is -2.30. The van der Waals surface area contributed by atoms with E-state index in [1.54, 1.807) is 6.92 Å². The summed E-state index contributed by atoms with van der Waals surface area (Å²) in [6, 6.07) is -0.405. The third-order valence-electron chi connectivity index (χ3n) is 0.516. The fraction of sp³-hybridized carbons (Fsp3) is 1.00. The standard InChI is InChI=1S/C3H6Cl3N/c1-2(7)3(4,5)6/h2H,7H2,1H3/t2-/m1/s1. The Labute approximate surface area is 57.7 Å². The molecule has 0 saturated carbocycles. The number of alkyl halides is 3. The van der Waals surface area contributed by atoms with Gasteiger partial charge in [0.2, 0.25) is 3.79 Å². The second-order valence-corrected chi connectivity index (χ2v) is 3.70. The van der Waals surface area contributed by atoms with Gasteiger partial charge in [0.05, 0.1) is 0 Å². The maximum Gasteiger partial charge on any atom is 0.205 e. The number of hydrogen-bond donors (Lipinski definition) is 1. The van der Waals surface area contributed by atoms with Crippen molar-refractivity contribution in [3.8, 4) is 0 Å². The Morgan fingerprint density at radius 1 is 1.43 bits per heavy atom. The van der Waals surface area contributed by atoms with E-state index in [0.29, 0.717) is 0 Å². The van der Waals surface area contributed by atoms with Crippen molar-refractivity contribution in [2.24, 2.45) is 5.73 Å². The summed E-state index contributed by atoms with van der Waals surface area (Å²) in [7, 11) is 0. The zero-order valence-electron chi connectivity index (χ0n) is 3.79. The van der Waals surface area contributed by atoms with Crippen LogP contribution in [0.3, 0.4) is 0 Å². The van der Waals surface area contributed by atoms with Gasteiger partial charge in [-0.2, -0.15) is 0 Å². The minimum Gasteiger partial charge on any atom is -0.324 e. The fourth-order valence-corrected chi connectivity index (χ4v) is 0. The van der Waals surface area contributed by atoms with Crippen molar-refractivity contribution in [1.29, 1.82) is 0 Å². The van der Waals surface area contributed by atoms with Gasteiger partial charge in [0.15, 0.2) is 0 Å². The van der Waals surface area contributed by atoms with Gasteiger partial charge < -0.3 is 5.73 Å². The summed E-state index contributed by atoms with van der Waals surface area (Å²) in [4.78, 5) is 0. The molecule has 0 saturated heterocycles. The van der Waals surface area contributed by atoms with Gasteiger partial charge in [-0.15, -0.1) is 0 Å². The SMILES string of the molecule is C[C@@H](N)C(Cl)(Cl)Cl. The lowest BCUT2D eigenvalue weighted by Gasteiger charge is -2.13. The number of hydrogen-bond acceptors (Lipinski definition) is 1. The molecule has 0 fully saturated rings. The molecule has 0 aliphatic rings. The molecule has 0 aromatic rings. The monoisotopic (exact) mass is 161 g/mol. The van der Waals surface area contributed by atoms with E-state index in [1.165, 1.54) is 0 Å². The van der Waals surface area contributed by atoms with Crippen LogP contribution in [0.1, 0.15) is 6.92 Å². The third-order valence-corrected chi connectivity index (χ3v) is 1.55. The van der Waals surface area contributed by atoms with Crippen molar-refractivity contribution >= 4 is 34.8 Å². The minimum atomic E-state index is -1.31. The Kier molecular flexibility index (Phi) is 2.69. The average molecular weight is 162 g/mol. The van der Waals surface area contributed by atoms with E-state index in [2.05, 4.69) is 0 Å². The summed E-state index contributed by atoms with van der Waals surface area (Å²) in [6.07, 6.45) is 0. The molecule has 0 aliphatic carbocycles. The largest absolute Gasteiger partial charge is 0.324 e. The minimum absolute atomic E-state index is 0.405. The van der Waals surface area contributed by atoms with Crippen LogP contribution < -0.4 is 5.73 Å². The Morgan fingerprint density at radius 2 is 1.57 bits per heavy atom. The van der Waals surface area contributed by atoms with E-state index >= 15 is 0 Å². The van der Waals surface area contributed by atoms with E-state index < -0.39 is 9.83 Å². The molecule has 4 heteroatoms. The molecular weight excluding hydrogens is 156 g/mol. The van der Waals surface area contributed by atoms with Gasteiger partial charge in [-0.3, -0.25) is 0 Å². The quantitative estimate of drug-likeness (QED) is 0.539. The molecule has 0 rings (SSSR count). The van der Waals surface area contributed by atoms with Gasteiger partial charge >= 0.3 is 0 Å². The summed E-state index contributed by atoms with van der Waals surface area (Å²) < 4.78 is -1.31. The first-order valence-electron chi connectivity index (χ1n) is 1.77. The molecule has 2 N–H and O–H groups in total. The van der Waals surface area contributed by atoms with Gasteiger partial charge in [0.1, 0.15) is 0 Å². The van der Waals surface area contributed by atoms with E-state index in [9.17, 15) is 0 Å². The number of nitrogens with two attached hydrogens (primary N) is 1. The normalized spacial score (nSPS) is 16.7. The average Bonchev–Trinajstić information content (AvgIpc) is 1.31. The number of rotatable bonds is 0. The van der Waals surface area contributed by atoms with Crippen LogP contribution >= 0.6 is 34.8 Å². The lowest BCUT2D eigenvalue weighted by molar-refractivity contribution is 0.764. The third kappa shape index (κ3) is 3.42. The summed E-state index contributed by atoms with van der Waals surface area (Å²) in [5, 5.41) is 0. The second kappa shape index (κ2) is 2.40. The highest BCUT2D eigenvalue weighted by molar-refractivity contribution is 6.68. The van der Waals surface area contributed by atoms with E-state index in [0.717, 1.165) is 0 Å². The molecule has 0 amide bonds. The fourth-order valence-electron chi connectivity index (χ4n) is 0. The van der Waals surface area contributed by atoms with Crippen LogP contribution in [0.15, 0.2) is 0 Å². The van der Waals surface area contributed by atoms with Crippen LogP contribution in [0, 0.1) is 0 Å². The van der Waals surface area contributed by atoms with Crippen LogP contribution in [-0.2, 0) is 0 Å². The van der Waals surface area contributed by atoms with Crippen molar-refractivity contribution in [2.75, 3.05) is 0 Å². The summed E-state index contributed by atoms with van der Waals surface area (Å²) in [6.45, 7) is 1.63. The molecule has 0 radical (unpaired) electrons. The highest BCUT2D eigenvalue weighted by atomic mass is 35.6. The predicted molar refractivity (Wildman–Crippen MR) is 33.9 cm³/mol. The van der Waals surface area contributed by atoms with Crippen LogP contribution in [-0.4, -0.2) is 9.83 Å². The number of halogens is 3.